The number of ether oxygens (including phenoxy) is 2. The third-order valence-electron chi connectivity index (χ3n) is 4.01. The van der Waals surface area contributed by atoms with Gasteiger partial charge in [-0.05, 0) is 17.5 Å². The largest absolute Gasteiger partial charge is 0.479 e. The fraction of sp³-hybridized carbons (Fsp3) is 0.368. The topological polar surface area (TPSA) is 120 Å². The Morgan fingerprint density at radius 2 is 1.86 bits per heavy atom. The van der Waals surface area contributed by atoms with Gasteiger partial charge in [0.25, 0.3) is 0 Å². The summed E-state index contributed by atoms with van der Waals surface area (Å²) < 4.78 is 11.2. The summed E-state index contributed by atoms with van der Waals surface area (Å²) >= 11 is 0. The fourth-order valence-electron chi connectivity index (χ4n) is 2.61. The second kappa shape index (κ2) is 9.54. The van der Waals surface area contributed by atoms with Crippen molar-refractivity contribution in [2.45, 2.75) is 32.5 Å². The van der Waals surface area contributed by atoms with Gasteiger partial charge in [0.05, 0.1) is 12.8 Å². The molecule has 0 saturated carbocycles. The molecule has 2 rings (SSSR count). The molecule has 1 aromatic heterocycles. The minimum Gasteiger partial charge on any atom is -0.479 e. The number of carboxylic acids is 1. The first-order chi connectivity index (χ1) is 13.3. The number of methoxy groups -OCH3 is 1. The minimum atomic E-state index is -1.42. The molecule has 9 nitrogen and oxygen atoms in total. The molecule has 28 heavy (non-hydrogen) atoms. The molecular formula is C19H23N3O6. The highest BCUT2D eigenvalue weighted by Crippen LogP contribution is 2.21. The zero-order valence-corrected chi connectivity index (χ0v) is 15.9. The third-order valence-corrected chi connectivity index (χ3v) is 4.01. The molecule has 0 bridgehead atoms. The molecule has 0 fully saturated rings. The minimum absolute atomic E-state index is 0.00518. The lowest BCUT2D eigenvalue weighted by atomic mass is 10.1. The Labute approximate surface area is 162 Å². The van der Waals surface area contributed by atoms with Crippen LogP contribution in [0, 0.1) is 5.92 Å². The van der Waals surface area contributed by atoms with Crippen LogP contribution >= 0.6 is 0 Å². The van der Waals surface area contributed by atoms with Crippen LogP contribution in [0.4, 0.5) is 4.79 Å². The number of carboxylic acid groups (broad SMARTS) is 1. The average molecular weight is 389 g/mol. The van der Waals surface area contributed by atoms with Crippen molar-refractivity contribution in [1.29, 1.82) is 0 Å². The Morgan fingerprint density at radius 1 is 1.18 bits per heavy atom. The third kappa shape index (κ3) is 5.32. The summed E-state index contributed by atoms with van der Waals surface area (Å²) in [6.45, 7) is 3.64. The molecular weight excluding hydrogens is 366 g/mol. The molecule has 1 heterocycles. The zero-order valence-electron chi connectivity index (χ0n) is 15.9. The monoisotopic (exact) mass is 389 g/mol. The normalized spacial score (nSPS) is 12.9. The van der Waals surface area contributed by atoms with E-state index in [2.05, 4.69) is 10.4 Å². The summed E-state index contributed by atoms with van der Waals surface area (Å²) in [7, 11) is 1.27. The van der Waals surface area contributed by atoms with Crippen molar-refractivity contribution in [3.63, 3.8) is 0 Å². The highest BCUT2D eigenvalue weighted by molar-refractivity contribution is 5.81. The van der Waals surface area contributed by atoms with Gasteiger partial charge in [0.1, 0.15) is 6.61 Å². The Balaban J connectivity index is 2.09. The van der Waals surface area contributed by atoms with E-state index in [-0.39, 0.29) is 18.2 Å². The van der Waals surface area contributed by atoms with Crippen molar-refractivity contribution >= 4 is 18.0 Å². The van der Waals surface area contributed by atoms with E-state index < -0.39 is 30.1 Å². The molecule has 2 N–H and O–H groups in total. The Kier molecular flexibility index (Phi) is 7.14. The van der Waals surface area contributed by atoms with Crippen LogP contribution < -0.4 is 5.32 Å². The van der Waals surface area contributed by atoms with Crippen LogP contribution in [-0.2, 0) is 25.7 Å². The first-order valence-corrected chi connectivity index (χ1v) is 8.66. The van der Waals surface area contributed by atoms with Gasteiger partial charge in [-0.2, -0.15) is 5.10 Å². The number of alkyl carbamates (subject to hydrolysis) is 1. The van der Waals surface area contributed by atoms with Crippen LogP contribution in [0.5, 0.6) is 0 Å². The first-order valence-electron chi connectivity index (χ1n) is 8.66. The Morgan fingerprint density at radius 3 is 2.43 bits per heavy atom. The van der Waals surface area contributed by atoms with Gasteiger partial charge in [-0.1, -0.05) is 44.2 Å². The van der Waals surface area contributed by atoms with Gasteiger partial charge in [0.2, 0.25) is 0 Å². The lowest BCUT2D eigenvalue weighted by molar-refractivity contribution is -0.146. The second-order valence-corrected chi connectivity index (χ2v) is 6.41. The molecule has 0 unspecified atom stereocenters. The van der Waals surface area contributed by atoms with E-state index >= 15 is 0 Å². The van der Waals surface area contributed by atoms with Gasteiger partial charge < -0.3 is 19.9 Å². The van der Waals surface area contributed by atoms with E-state index in [1.54, 1.807) is 24.3 Å². The first kappa shape index (κ1) is 20.9. The standard InChI is InChI=1S/C19H23N3O6/c1-12(2)16(18(25)27-3)22-10-9-14(21-22)15(17(23)24)20-19(26)28-11-13-7-5-4-6-8-13/h4-10,12,15-16H,11H2,1-3H3,(H,20,26)(H,23,24)/t15-,16+/m1/s1. The lowest BCUT2D eigenvalue weighted by Crippen LogP contribution is -2.34. The number of amides is 1. The lowest BCUT2D eigenvalue weighted by Gasteiger charge is -2.19. The number of hydrogen-bond acceptors (Lipinski definition) is 6. The number of nitrogens with zero attached hydrogens (tertiary/aromatic N) is 2. The molecule has 0 radical (unpaired) electrons. The van der Waals surface area contributed by atoms with E-state index in [4.69, 9.17) is 9.47 Å². The van der Waals surface area contributed by atoms with Crippen molar-refractivity contribution in [3.8, 4) is 0 Å². The number of hydrogen-bond donors (Lipinski definition) is 2. The fourth-order valence-corrected chi connectivity index (χ4v) is 2.61. The van der Waals surface area contributed by atoms with Crippen LogP contribution in [-0.4, -0.2) is 40.0 Å². The van der Waals surface area contributed by atoms with Crippen LogP contribution in [0.1, 0.15) is 37.2 Å². The summed E-state index contributed by atoms with van der Waals surface area (Å²) in [4.78, 5) is 35.6. The summed E-state index contributed by atoms with van der Waals surface area (Å²) in [6, 6.07) is 8.29. The van der Waals surface area contributed by atoms with Gasteiger partial charge in [-0.3, -0.25) is 4.68 Å². The van der Waals surface area contributed by atoms with Crippen LogP contribution in [0.15, 0.2) is 42.6 Å². The van der Waals surface area contributed by atoms with Crippen molar-refractivity contribution in [2.75, 3.05) is 7.11 Å². The maximum absolute atomic E-state index is 12.0. The number of benzene rings is 1. The number of carbonyl (C=O) groups excluding carboxylic acids is 2. The summed E-state index contributed by atoms with van der Waals surface area (Å²) in [5.74, 6) is -1.93. The molecule has 0 spiro atoms. The number of esters is 1. The average Bonchev–Trinajstić information content (AvgIpc) is 3.13. The summed E-state index contributed by atoms with van der Waals surface area (Å²) in [6.07, 6.45) is 0.586. The predicted octanol–water partition coefficient (Wildman–Crippen LogP) is 2.31. The quantitative estimate of drug-likeness (QED) is 0.665. The van der Waals surface area contributed by atoms with Gasteiger partial charge in [0.15, 0.2) is 12.1 Å². The van der Waals surface area contributed by atoms with E-state index in [9.17, 15) is 19.5 Å². The molecule has 1 aromatic carbocycles. The van der Waals surface area contributed by atoms with Crippen molar-refractivity contribution < 1.29 is 29.0 Å². The highest BCUT2D eigenvalue weighted by Gasteiger charge is 2.29. The molecule has 2 atom stereocenters. The van der Waals surface area contributed by atoms with Gasteiger partial charge in [0, 0.05) is 6.20 Å². The maximum Gasteiger partial charge on any atom is 0.408 e. The molecule has 2 aromatic rings. The summed E-state index contributed by atoms with van der Waals surface area (Å²) in [5.41, 5.74) is 0.838. The molecule has 1 amide bonds. The molecule has 0 aliphatic heterocycles. The maximum atomic E-state index is 12.0. The van der Waals surface area contributed by atoms with Gasteiger partial charge in [-0.25, -0.2) is 14.4 Å². The summed E-state index contributed by atoms with van der Waals surface area (Å²) in [5, 5.41) is 15.9. The van der Waals surface area contributed by atoms with Crippen molar-refractivity contribution in [1.82, 2.24) is 15.1 Å². The smallest absolute Gasteiger partial charge is 0.408 e. The second-order valence-electron chi connectivity index (χ2n) is 6.41. The van der Waals surface area contributed by atoms with Gasteiger partial charge >= 0.3 is 18.0 Å². The predicted molar refractivity (Wildman–Crippen MR) is 98.3 cm³/mol. The van der Waals surface area contributed by atoms with Crippen molar-refractivity contribution in [3.05, 3.63) is 53.9 Å². The van der Waals surface area contributed by atoms with Crippen molar-refractivity contribution in [2.24, 2.45) is 5.92 Å². The van der Waals surface area contributed by atoms with Crippen LogP contribution in [0.25, 0.3) is 0 Å². The van der Waals surface area contributed by atoms with Gasteiger partial charge in [-0.15, -0.1) is 0 Å². The number of rotatable bonds is 8. The SMILES string of the molecule is COC(=O)[C@H](C(C)C)n1ccc([C@@H](NC(=O)OCc2ccccc2)C(=O)O)n1. The zero-order chi connectivity index (χ0) is 20.7. The molecule has 9 heteroatoms. The highest BCUT2D eigenvalue weighted by atomic mass is 16.5. The Hall–Kier alpha value is -3.36. The molecule has 150 valence electrons. The number of carbonyl (C=O) groups is 3. The van der Waals surface area contributed by atoms with E-state index in [1.807, 2.05) is 19.9 Å². The molecule has 0 saturated heterocycles. The van der Waals surface area contributed by atoms with Crippen LogP contribution in [0.3, 0.4) is 0 Å². The van der Waals surface area contributed by atoms with E-state index in [1.165, 1.54) is 24.1 Å². The molecule has 0 aliphatic carbocycles. The number of nitrogens with one attached hydrogen (secondary N) is 1. The van der Waals surface area contributed by atoms with E-state index in [0.717, 1.165) is 5.56 Å². The number of aromatic nitrogens is 2. The van der Waals surface area contributed by atoms with Crippen LogP contribution in [0.2, 0.25) is 0 Å². The Bertz CT molecular complexity index is 818. The molecule has 0 aliphatic rings. The van der Waals surface area contributed by atoms with E-state index in [0.29, 0.717) is 0 Å². The number of aliphatic carboxylic acids is 1.